The molecule has 166 valence electrons. The molecule has 0 atom stereocenters. The van der Waals surface area contributed by atoms with Crippen molar-refractivity contribution in [2.24, 2.45) is 0 Å². The van der Waals surface area contributed by atoms with Gasteiger partial charge in [0.05, 0.1) is 12.7 Å². The van der Waals surface area contributed by atoms with Crippen LogP contribution in [0.3, 0.4) is 0 Å². The number of nitrogens with zero attached hydrogens (tertiary/aromatic N) is 1. The second-order valence-corrected chi connectivity index (χ2v) is 9.30. The highest BCUT2D eigenvalue weighted by Crippen LogP contribution is 2.33. The molecule has 0 saturated heterocycles. The van der Waals surface area contributed by atoms with Crippen LogP contribution in [0.1, 0.15) is 47.2 Å². The molecule has 1 aromatic heterocycles. The second kappa shape index (κ2) is 8.07. The Hall–Kier alpha value is -3.60. The van der Waals surface area contributed by atoms with Crippen LogP contribution < -0.4 is 5.32 Å². The van der Waals surface area contributed by atoms with E-state index in [-0.39, 0.29) is 11.8 Å². The van der Waals surface area contributed by atoms with Crippen molar-refractivity contribution < 1.29 is 14.0 Å². The zero-order valence-electron chi connectivity index (χ0n) is 18.4. The van der Waals surface area contributed by atoms with Gasteiger partial charge in [0.15, 0.2) is 0 Å². The number of carbonyl (C=O) groups excluding carboxylic acids is 2. The van der Waals surface area contributed by atoms with Crippen molar-refractivity contribution in [1.82, 2.24) is 10.2 Å². The van der Waals surface area contributed by atoms with E-state index in [1.54, 1.807) is 6.26 Å². The predicted octanol–water partition coefficient (Wildman–Crippen LogP) is 5.21. The molecule has 2 aliphatic rings. The highest BCUT2D eigenvalue weighted by molar-refractivity contribution is 6.08. The maximum atomic E-state index is 13.4. The summed E-state index contributed by atoms with van der Waals surface area (Å²) in [6.07, 6.45) is 6.28. The maximum Gasteiger partial charge on any atom is 0.251 e. The second-order valence-electron chi connectivity index (χ2n) is 9.30. The third-order valence-electron chi connectivity index (χ3n) is 6.67. The van der Waals surface area contributed by atoms with Crippen LogP contribution in [0.4, 0.5) is 0 Å². The summed E-state index contributed by atoms with van der Waals surface area (Å²) in [4.78, 5) is 27.6. The lowest BCUT2D eigenvalue weighted by atomic mass is 10.0. The minimum atomic E-state index is -0.0155. The van der Waals surface area contributed by atoms with Gasteiger partial charge in [-0.05, 0) is 60.2 Å². The van der Waals surface area contributed by atoms with Crippen LogP contribution in [0.5, 0.6) is 0 Å². The van der Waals surface area contributed by atoms with E-state index in [1.807, 2.05) is 47.4 Å². The third-order valence-corrected chi connectivity index (χ3v) is 6.67. The number of amides is 2. The van der Waals surface area contributed by atoms with Gasteiger partial charge in [0.25, 0.3) is 5.91 Å². The summed E-state index contributed by atoms with van der Waals surface area (Å²) in [5.41, 5.74) is 3.46. The van der Waals surface area contributed by atoms with Crippen molar-refractivity contribution in [3.63, 3.8) is 0 Å². The fourth-order valence-electron chi connectivity index (χ4n) is 4.53. The molecule has 0 aliphatic heterocycles. The average Bonchev–Trinajstić information content (AvgIpc) is 3.77. The third kappa shape index (κ3) is 4.11. The zero-order chi connectivity index (χ0) is 22.4. The molecule has 33 heavy (non-hydrogen) atoms. The summed E-state index contributed by atoms with van der Waals surface area (Å²) in [6.45, 7) is 0.560. The highest BCUT2D eigenvalue weighted by atomic mass is 16.3. The van der Waals surface area contributed by atoms with Gasteiger partial charge in [-0.15, -0.1) is 0 Å². The standard InChI is InChI=1S/C28H26N2O3/c31-26(15-21-17-33-25-14-9-19-3-1-2-4-24(19)27(21)25)30(23-12-13-23)16-18-5-7-20(8-6-18)28(32)29-22-10-11-22/h1-9,14,17,22-23H,10-13,15-16H2,(H,29,32). The van der Waals surface area contributed by atoms with E-state index < -0.39 is 0 Å². The molecular formula is C28H26N2O3. The molecule has 6 rings (SSSR count). The van der Waals surface area contributed by atoms with E-state index >= 15 is 0 Å². The molecule has 3 aromatic carbocycles. The number of carbonyl (C=O) groups is 2. The van der Waals surface area contributed by atoms with Gasteiger partial charge in [-0.3, -0.25) is 9.59 Å². The molecule has 2 aliphatic carbocycles. The summed E-state index contributed by atoms with van der Waals surface area (Å²) < 4.78 is 5.79. The topological polar surface area (TPSA) is 62.6 Å². The fraction of sp³-hybridized carbons (Fsp3) is 0.286. The molecule has 0 unspecified atom stereocenters. The van der Waals surface area contributed by atoms with Crippen LogP contribution >= 0.6 is 0 Å². The number of nitrogens with one attached hydrogen (secondary N) is 1. The van der Waals surface area contributed by atoms with E-state index in [9.17, 15) is 9.59 Å². The summed E-state index contributed by atoms with van der Waals surface area (Å²) in [5, 5.41) is 6.31. The molecule has 5 nitrogen and oxygen atoms in total. The van der Waals surface area contributed by atoms with Crippen LogP contribution in [0.2, 0.25) is 0 Å². The molecular weight excluding hydrogens is 412 g/mol. The number of furan rings is 1. The first kappa shape index (κ1) is 20.0. The summed E-state index contributed by atoms with van der Waals surface area (Å²) in [6, 6.07) is 20.5. The number of hydrogen-bond donors (Lipinski definition) is 1. The summed E-state index contributed by atoms with van der Waals surface area (Å²) >= 11 is 0. The Morgan fingerprint density at radius 2 is 1.73 bits per heavy atom. The first-order chi connectivity index (χ1) is 16.2. The highest BCUT2D eigenvalue weighted by Gasteiger charge is 2.33. The van der Waals surface area contributed by atoms with Crippen molar-refractivity contribution in [3.05, 3.63) is 83.6 Å². The van der Waals surface area contributed by atoms with Gasteiger partial charge in [0, 0.05) is 35.1 Å². The lowest BCUT2D eigenvalue weighted by Gasteiger charge is -2.22. The summed E-state index contributed by atoms with van der Waals surface area (Å²) in [5.74, 6) is 0.0990. The van der Waals surface area contributed by atoms with Crippen LogP contribution in [0, 0.1) is 0 Å². The SMILES string of the molecule is O=C(NC1CC1)c1ccc(CN(C(=O)Cc2coc3ccc4ccccc4c23)C2CC2)cc1. The van der Waals surface area contributed by atoms with E-state index in [4.69, 9.17) is 4.42 Å². The van der Waals surface area contributed by atoms with E-state index in [0.717, 1.165) is 58.6 Å². The van der Waals surface area contributed by atoms with E-state index in [2.05, 4.69) is 23.5 Å². The molecule has 1 N–H and O–H groups in total. The molecule has 0 spiro atoms. The van der Waals surface area contributed by atoms with Gasteiger partial charge in [0.1, 0.15) is 5.58 Å². The minimum Gasteiger partial charge on any atom is -0.464 e. The van der Waals surface area contributed by atoms with E-state index in [0.29, 0.717) is 30.6 Å². The quantitative estimate of drug-likeness (QED) is 0.431. The Bertz CT molecular complexity index is 1350. The van der Waals surface area contributed by atoms with Gasteiger partial charge < -0.3 is 14.6 Å². The number of rotatable bonds is 7. The smallest absolute Gasteiger partial charge is 0.251 e. The lowest BCUT2D eigenvalue weighted by molar-refractivity contribution is -0.131. The Balaban J connectivity index is 1.21. The van der Waals surface area contributed by atoms with Crippen molar-refractivity contribution in [3.8, 4) is 0 Å². The van der Waals surface area contributed by atoms with Gasteiger partial charge in [-0.1, -0.05) is 42.5 Å². The molecule has 0 bridgehead atoms. The van der Waals surface area contributed by atoms with Crippen LogP contribution in [-0.4, -0.2) is 28.8 Å². The van der Waals surface area contributed by atoms with Crippen molar-refractivity contribution in [2.45, 2.75) is 50.7 Å². The number of benzene rings is 3. The Labute approximate surface area is 192 Å². The molecule has 2 saturated carbocycles. The Morgan fingerprint density at radius 3 is 2.48 bits per heavy atom. The Morgan fingerprint density at radius 1 is 0.939 bits per heavy atom. The van der Waals surface area contributed by atoms with Crippen molar-refractivity contribution >= 4 is 33.6 Å². The number of hydrogen-bond acceptors (Lipinski definition) is 3. The molecule has 0 radical (unpaired) electrons. The van der Waals surface area contributed by atoms with Gasteiger partial charge in [-0.25, -0.2) is 0 Å². The molecule has 2 fully saturated rings. The molecule has 2 amide bonds. The molecule has 4 aromatic rings. The molecule has 1 heterocycles. The average molecular weight is 439 g/mol. The fourth-order valence-corrected chi connectivity index (χ4v) is 4.53. The Kier molecular flexibility index (Phi) is 4.90. The lowest BCUT2D eigenvalue weighted by Crippen LogP contribution is -2.33. The summed E-state index contributed by atoms with van der Waals surface area (Å²) in [7, 11) is 0. The first-order valence-electron chi connectivity index (χ1n) is 11.7. The van der Waals surface area contributed by atoms with Gasteiger partial charge >= 0.3 is 0 Å². The van der Waals surface area contributed by atoms with Gasteiger partial charge in [0.2, 0.25) is 5.91 Å². The van der Waals surface area contributed by atoms with Gasteiger partial charge in [-0.2, -0.15) is 0 Å². The molecule has 5 heteroatoms. The maximum absolute atomic E-state index is 13.4. The van der Waals surface area contributed by atoms with E-state index in [1.165, 1.54) is 0 Å². The largest absolute Gasteiger partial charge is 0.464 e. The normalized spacial score (nSPS) is 15.6. The van der Waals surface area contributed by atoms with Crippen molar-refractivity contribution in [2.75, 3.05) is 0 Å². The van der Waals surface area contributed by atoms with Crippen LogP contribution in [-0.2, 0) is 17.8 Å². The number of fused-ring (bicyclic) bond motifs is 3. The monoisotopic (exact) mass is 438 g/mol. The van der Waals surface area contributed by atoms with Crippen molar-refractivity contribution in [1.29, 1.82) is 0 Å². The first-order valence-corrected chi connectivity index (χ1v) is 11.7. The minimum absolute atomic E-state index is 0.0155. The predicted molar refractivity (Wildman–Crippen MR) is 128 cm³/mol. The van der Waals surface area contributed by atoms with Crippen LogP contribution in [0.25, 0.3) is 21.7 Å². The van der Waals surface area contributed by atoms with Crippen LogP contribution in [0.15, 0.2) is 71.3 Å². The zero-order valence-corrected chi connectivity index (χ0v) is 18.4.